The van der Waals surface area contributed by atoms with Crippen molar-refractivity contribution >= 4 is 34.3 Å². The molecule has 1 aromatic rings. The topological polar surface area (TPSA) is 78.9 Å². The summed E-state index contributed by atoms with van der Waals surface area (Å²) >= 11 is 1.93. The molecular formula is C13H15FIN3O2. The van der Waals surface area contributed by atoms with Gasteiger partial charge in [-0.1, -0.05) is 5.16 Å². The Bertz CT molecular complexity index is 550. The minimum atomic E-state index is -0.401. The van der Waals surface area contributed by atoms with Crippen molar-refractivity contribution in [3.63, 3.8) is 0 Å². The number of amides is 1. The van der Waals surface area contributed by atoms with Crippen molar-refractivity contribution in [2.75, 3.05) is 6.54 Å². The van der Waals surface area contributed by atoms with Gasteiger partial charge in [0, 0.05) is 10.1 Å². The van der Waals surface area contributed by atoms with Crippen molar-refractivity contribution in [1.82, 2.24) is 4.90 Å². The normalized spacial score (nSPS) is 20.0. The minimum Gasteiger partial charge on any atom is -0.409 e. The van der Waals surface area contributed by atoms with E-state index in [-0.39, 0.29) is 17.6 Å². The number of likely N-dealkylation sites (tertiary alicyclic amines) is 1. The van der Waals surface area contributed by atoms with Crippen LogP contribution in [0.1, 0.15) is 29.6 Å². The number of rotatable bonds is 2. The van der Waals surface area contributed by atoms with E-state index < -0.39 is 6.04 Å². The molecule has 20 heavy (non-hydrogen) atoms. The maximum atomic E-state index is 13.1. The van der Waals surface area contributed by atoms with Crippen molar-refractivity contribution in [2.24, 2.45) is 10.9 Å². The maximum absolute atomic E-state index is 13.1. The van der Waals surface area contributed by atoms with Crippen LogP contribution in [0.15, 0.2) is 23.4 Å². The van der Waals surface area contributed by atoms with Crippen LogP contribution in [0.25, 0.3) is 0 Å². The maximum Gasteiger partial charge on any atom is 0.255 e. The standard InChI is InChI=1S/C13H15FIN3O2/c14-8-4-5-9(10(15)7-8)13(19)18-6-2-1-3-11(18)12(16)17-20/h4-5,7,11,20H,1-3,6H2,(H2,16,17). The summed E-state index contributed by atoms with van der Waals surface area (Å²) in [6.45, 7) is 0.549. The van der Waals surface area contributed by atoms with Crippen LogP contribution in [0, 0.1) is 9.39 Å². The SMILES string of the molecule is N/C(=N/O)C1CCCCN1C(=O)c1ccc(F)cc1I. The van der Waals surface area contributed by atoms with Crippen LogP contribution in [-0.2, 0) is 0 Å². The smallest absolute Gasteiger partial charge is 0.255 e. The predicted molar refractivity (Wildman–Crippen MR) is 81.2 cm³/mol. The van der Waals surface area contributed by atoms with E-state index in [1.165, 1.54) is 18.2 Å². The van der Waals surface area contributed by atoms with Crippen molar-refractivity contribution in [1.29, 1.82) is 0 Å². The second-order valence-corrected chi connectivity index (χ2v) is 5.82. The summed E-state index contributed by atoms with van der Waals surface area (Å²) in [5, 5.41) is 11.8. The molecule has 1 saturated heterocycles. The van der Waals surface area contributed by atoms with Crippen molar-refractivity contribution in [3.8, 4) is 0 Å². The van der Waals surface area contributed by atoms with Gasteiger partial charge in [-0.15, -0.1) is 0 Å². The first-order valence-corrected chi connectivity index (χ1v) is 7.36. The molecule has 2 rings (SSSR count). The van der Waals surface area contributed by atoms with Gasteiger partial charge in [0.1, 0.15) is 5.82 Å². The van der Waals surface area contributed by atoms with Crippen LogP contribution in [0.2, 0.25) is 0 Å². The monoisotopic (exact) mass is 391 g/mol. The number of carbonyl (C=O) groups excluding carboxylic acids is 1. The molecule has 1 heterocycles. The summed E-state index contributed by atoms with van der Waals surface area (Å²) < 4.78 is 13.7. The first-order chi connectivity index (χ1) is 9.54. The Morgan fingerprint density at radius 3 is 2.90 bits per heavy atom. The summed E-state index contributed by atoms with van der Waals surface area (Å²) in [6, 6.07) is 3.65. The van der Waals surface area contributed by atoms with Crippen LogP contribution in [0.3, 0.4) is 0 Å². The Hall–Kier alpha value is -1.38. The van der Waals surface area contributed by atoms with E-state index in [0.717, 1.165) is 12.8 Å². The molecule has 1 amide bonds. The molecule has 1 fully saturated rings. The summed E-state index contributed by atoms with van der Waals surface area (Å²) in [6.07, 6.45) is 2.46. The quantitative estimate of drug-likeness (QED) is 0.267. The molecule has 0 spiro atoms. The largest absolute Gasteiger partial charge is 0.409 e. The highest BCUT2D eigenvalue weighted by molar-refractivity contribution is 14.1. The molecule has 0 bridgehead atoms. The highest BCUT2D eigenvalue weighted by atomic mass is 127. The summed E-state index contributed by atoms with van der Waals surface area (Å²) in [7, 11) is 0. The molecule has 1 unspecified atom stereocenters. The lowest BCUT2D eigenvalue weighted by Crippen LogP contribution is -2.50. The van der Waals surface area contributed by atoms with Gasteiger partial charge < -0.3 is 15.8 Å². The Kier molecular flexibility index (Phi) is 4.79. The number of oxime groups is 1. The first kappa shape index (κ1) is 15.0. The second-order valence-electron chi connectivity index (χ2n) is 4.66. The van der Waals surface area contributed by atoms with Crippen LogP contribution in [0.5, 0.6) is 0 Å². The number of piperidine rings is 1. The highest BCUT2D eigenvalue weighted by Gasteiger charge is 2.31. The molecular weight excluding hydrogens is 376 g/mol. The Labute approximate surface area is 129 Å². The van der Waals surface area contributed by atoms with E-state index in [4.69, 9.17) is 10.9 Å². The molecule has 5 nitrogen and oxygen atoms in total. The third-order valence-corrected chi connectivity index (χ3v) is 4.27. The molecule has 1 aromatic carbocycles. The summed E-state index contributed by atoms with van der Waals surface area (Å²) in [4.78, 5) is 14.2. The van der Waals surface area contributed by atoms with E-state index in [0.29, 0.717) is 22.1 Å². The molecule has 0 radical (unpaired) electrons. The van der Waals surface area contributed by atoms with Gasteiger partial charge in [0.2, 0.25) is 0 Å². The molecule has 0 aliphatic carbocycles. The number of amidine groups is 1. The lowest BCUT2D eigenvalue weighted by molar-refractivity contribution is 0.0675. The van der Waals surface area contributed by atoms with Gasteiger partial charge in [0.25, 0.3) is 5.91 Å². The molecule has 1 atom stereocenters. The fourth-order valence-corrected chi connectivity index (χ4v) is 3.07. The van der Waals surface area contributed by atoms with Gasteiger partial charge in [0.05, 0.1) is 11.6 Å². The first-order valence-electron chi connectivity index (χ1n) is 6.28. The van der Waals surface area contributed by atoms with Gasteiger partial charge in [-0.2, -0.15) is 0 Å². The van der Waals surface area contributed by atoms with Gasteiger partial charge in [0.15, 0.2) is 5.84 Å². The molecule has 108 valence electrons. The fraction of sp³-hybridized carbons (Fsp3) is 0.385. The van der Waals surface area contributed by atoms with Crippen LogP contribution in [-0.4, -0.2) is 34.4 Å². The lowest BCUT2D eigenvalue weighted by atomic mass is 10.00. The Morgan fingerprint density at radius 1 is 1.50 bits per heavy atom. The van der Waals surface area contributed by atoms with Crippen molar-refractivity contribution in [3.05, 3.63) is 33.1 Å². The number of halogens is 2. The summed E-state index contributed by atoms with van der Waals surface area (Å²) in [5.74, 6) is -0.557. The van der Waals surface area contributed by atoms with Gasteiger partial charge >= 0.3 is 0 Å². The molecule has 0 saturated carbocycles. The predicted octanol–water partition coefficient (Wildman–Crippen LogP) is 2.17. The van der Waals surface area contributed by atoms with E-state index >= 15 is 0 Å². The number of hydrogen-bond acceptors (Lipinski definition) is 3. The fourth-order valence-electron chi connectivity index (χ4n) is 2.37. The molecule has 1 aliphatic rings. The molecule has 7 heteroatoms. The zero-order valence-electron chi connectivity index (χ0n) is 10.7. The number of carbonyl (C=O) groups is 1. The number of nitrogens with zero attached hydrogens (tertiary/aromatic N) is 2. The Morgan fingerprint density at radius 2 is 2.25 bits per heavy atom. The zero-order chi connectivity index (χ0) is 14.7. The molecule has 1 aliphatic heterocycles. The molecule has 0 aromatic heterocycles. The average Bonchev–Trinajstić information content (AvgIpc) is 2.46. The van der Waals surface area contributed by atoms with Crippen molar-refractivity contribution in [2.45, 2.75) is 25.3 Å². The van der Waals surface area contributed by atoms with Gasteiger partial charge in [-0.05, 0) is 60.1 Å². The highest BCUT2D eigenvalue weighted by Crippen LogP contribution is 2.22. The number of hydrogen-bond donors (Lipinski definition) is 2. The third-order valence-electron chi connectivity index (χ3n) is 3.38. The van der Waals surface area contributed by atoms with Crippen molar-refractivity contribution < 1.29 is 14.4 Å². The van der Waals surface area contributed by atoms with Crippen LogP contribution in [0.4, 0.5) is 4.39 Å². The van der Waals surface area contributed by atoms with Gasteiger partial charge in [-0.25, -0.2) is 4.39 Å². The van der Waals surface area contributed by atoms with E-state index in [1.54, 1.807) is 4.90 Å². The van der Waals surface area contributed by atoms with E-state index in [2.05, 4.69) is 5.16 Å². The lowest BCUT2D eigenvalue weighted by Gasteiger charge is -2.35. The number of nitrogens with two attached hydrogens (primary N) is 1. The van der Waals surface area contributed by atoms with Crippen LogP contribution < -0.4 is 5.73 Å². The van der Waals surface area contributed by atoms with E-state index in [1.807, 2.05) is 22.6 Å². The average molecular weight is 391 g/mol. The zero-order valence-corrected chi connectivity index (χ0v) is 12.9. The number of benzene rings is 1. The van der Waals surface area contributed by atoms with Gasteiger partial charge in [-0.3, -0.25) is 4.79 Å². The third kappa shape index (κ3) is 3.02. The van der Waals surface area contributed by atoms with E-state index in [9.17, 15) is 9.18 Å². The second kappa shape index (κ2) is 6.38. The Balaban J connectivity index is 2.30. The summed E-state index contributed by atoms with van der Waals surface area (Å²) in [5.41, 5.74) is 6.10. The molecule has 3 N–H and O–H groups in total. The van der Waals surface area contributed by atoms with Crippen LogP contribution >= 0.6 is 22.6 Å². The minimum absolute atomic E-state index is 0.0372.